The summed E-state index contributed by atoms with van der Waals surface area (Å²) in [6.07, 6.45) is 2.12. The Balaban J connectivity index is 0. The van der Waals surface area contributed by atoms with Gasteiger partial charge in [-0.1, -0.05) is 13.8 Å². The van der Waals surface area contributed by atoms with Crippen LogP contribution in [0.4, 0.5) is 0 Å². The Morgan fingerprint density at radius 3 is 2.50 bits per heavy atom. The summed E-state index contributed by atoms with van der Waals surface area (Å²) in [5, 5.41) is 0. The van der Waals surface area contributed by atoms with Gasteiger partial charge in [0.15, 0.2) is 0 Å². The Kier molecular flexibility index (Phi) is 10.1. The van der Waals surface area contributed by atoms with Crippen LogP contribution in [0, 0.1) is 5.41 Å². The SMILES string of the molecule is CCCN(C)CC(=O)N1CCC(C)(CN)C1.Cl.Cl. The molecule has 0 spiro atoms. The molecule has 1 rings (SSSR count). The van der Waals surface area contributed by atoms with Gasteiger partial charge in [-0.05, 0) is 38.4 Å². The Morgan fingerprint density at radius 1 is 1.44 bits per heavy atom. The van der Waals surface area contributed by atoms with E-state index in [2.05, 4.69) is 18.7 Å². The second-order valence-electron chi connectivity index (χ2n) is 5.32. The average Bonchev–Trinajstić information content (AvgIpc) is 2.62. The van der Waals surface area contributed by atoms with Crippen LogP contribution in [-0.2, 0) is 4.79 Å². The summed E-state index contributed by atoms with van der Waals surface area (Å²) < 4.78 is 0. The standard InChI is InChI=1S/C12H25N3O.2ClH/c1-4-6-14(3)8-11(16)15-7-5-12(2,9-13)10-15;;/h4-10,13H2,1-3H3;2*1H. The zero-order chi connectivity index (χ0) is 12.2. The molecule has 6 heteroatoms. The van der Waals surface area contributed by atoms with Gasteiger partial charge >= 0.3 is 0 Å². The van der Waals surface area contributed by atoms with E-state index in [-0.39, 0.29) is 36.1 Å². The molecule has 0 aromatic carbocycles. The first-order valence-electron chi connectivity index (χ1n) is 6.17. The number of likely N-dealkylation sites (tertiary alicyclic amines) is 1. The molecule has 0 aliphatic carbocycles. The second-order valence-corrected chi connectivity index (χ2v) is 5.32. The van der Waals surface area contributed by atoms with Crippen LogP contribution in [-0.4, -0.2) is 55.5 Å². The van der Waals surface area contributed by atoms with Crippen molar-refractivity contribution in [3.63, 3.8) is 0 Å². The molecule has 0 radical (unpaired) electrons. The van der Waals surface area contributed by atoms with Crippen LogP contribution in [0.15, 0.2) is 0 Å². The molecule has 18 heavy (non-hydrogen) atoms. The molecule has 1 atom stereocenters. The number of halogens is 2. The van der Waals surface area contributed by atoms with Crippen molar-refractivity contribution in [2.45, 2.75) is 26.7 Å². The van der Waals surface area contributed by atoms with Crippen LogP contribution in [0.3, 0.4) is 0 Å². The molecule has 2 N–H and O–H groups in total. The second kappa shape index (κ2) is 8.97. The van der Waals surface area contributed by atoms with E-state index in [0.717, 1.165) is 32.5 Å². The van der Waals surface area contributed by atoms with Gasteiger partial charge in [0.2, 0.25) is 5.91 Å². The quantitative estimate of drug-likeness (QED) is 0.834. The fourth-order valence-electron chi connectivity index (χ4n) is 2.19. The van der Waals surface area contributed by atoms with Gasteiger partial charge < -0.3 is 10.6 Å². The van der Waals surface area contributed by atoms with Crippen molar-refractivity contribution in [2.24, 2.45) is 11.1 Å². The maximum atomic E-state index is 12.0. The summed E-state index contributed by atoms with van der Waals surface area (Å²) in [5.74, 6) is 0.244. The lowest BCUT2D eigenvalue weighted by atomic mass is 9.90. The molecular formula is C12H27Cl2N3O. The van der Waals surface area contributed by atoms with Crippen molar-refractivity contribution in [3.05, 3.63) is 0 Å². The van der Waals surface area contributed by atoms with E-state index >= 15 is 0 Å². The molecule has 1 fully saturated rings. The zero-order valence-corrected chi connectivity index (χ0v) is 13.3. The molecule has 4 nitrogen and oxygen atoms in total. The zero-order valence-electron chi connectivity index (χ0n) is 11.6. The Bertz CT molecular complexity index is 253. The summed E-state index contributed by atoms with van der Waals surface area (Å²) in [6.45, 7) is 8.16. The summed E-state index contributed by atoms with van der Waals surface area (Å²) in [4.78, 5) is 16.0. The van der Waals surface area contributed by atoms with Gasteiger partial charge in [-0.2, -0.15) is 0 Å². The first-order chi connectivity index (χ1) is 7.50. The molecular weight excluding hydrogens is 273 g/mol. The Labute approximate surface area is 123 Å². The molecule has 0 aromatic rings. The van der Waals surface area contributed by atoms with E-state index in [0.29, 0.717) is 13.1 Å². The smallest absolute Gasteiger partial charge is 0.236 e. The minimum Gasteiger partial charge on any atom is -0.341 e. The maximum Gasteiger partial charge on any atom is 0.236 e. The van der Waals surface area contributed by atoms with E-state index < -0.39 is 0 Å². The van der Waals surface area contributed by atoms with Crippen LogP contribution in [0.1, 0.15) is 26.7 Å². The third kappa shape index (κ3) is 5.74. The van der Waals surface area contributed by atoms with E-state index in [1.54, 1.807) is 0 Å². The summed E-state index contributed by atoms with van der Waals surface area (Å²) >= 11 is 0. The molecule has 1 unspecified atom stereocenters. The van der Waals surface area contributed by atoms with Gasteiger partial charge in [0, 0.05) is 13.1 Å². The minimum atomic E-state index is 0. The number of hydrogen-bond donors (Lipinski definition) is 1. The number of nitrogens with two attached hydrogens (primary N) is 1. The molecule has 1 saturated heterocycles. The van der Waals surface area contributed by atoms with Crippen molar-refractivity contribution < 1.29 is 4.79 Å². The molecule has 1 heterocycles. The van der Waals surface area contributed by atoms with Gasteiger partial charge in [0.25, 0.3) is 0 Å². The van der Waals surface area contributed by atoms with Crippen molar-refractivity contribution >= 4 is 30.7 Å². The third-order valence-corrected chi connectivity index (χ3v) is 3.41. The van der Waals surface area contributed by atoms with Gasteiger partial charge in [0.1, 0.15) is 0 Å². The van der Waals surface area contributed by atoms with Crippen molar-refractivity contribution in [1.29, 1.82) is 0 Å². The minimum absolute atomic E-state index is 0. The van der Waals surface area contributed by atoms with Gasteiger partial charge in [0.05, 0.1) is 6.54 Å². The molecule has 0 bridgehead atoms. The highest BCUT2D eigenvalue weighted by Gasteiger charge is 2.34. The molecule has 110 valence electrons. The first kappa shape index (κ1) is 20.3. The lowest BCUT2D eigenvalue weighted by Gasteiger charge is -2.24. The topological polar surface area (TPSA) is 49.6 Å². The fraction of sp³-hybridized carbons (Fsp3) is 0.917. The largest absolute Gasteiger partial charge is 0.341 e. The highest BCUT2D eigenvalue weighted by atomic mass is 35.5. The molecule has 1 amide bonds. The maximum absolute atomic E-state index is 12.0. The lowest BCUT2D eigenvalue weighted by Crippen LogP contribution is -2.40. The molecule has 1 aliphatic heterocycles. The Morgan fingerprint density at radius 2 is 2.06 bits per heavy atom. The monoisotopic (exact) mass is 299 g/mol. The van der Waals surface area contributed by atoms with Crippen LogP contribution >= 0.6 is 24.8 Å². The molecule has 0 aromatic heterocycles. The van der Waals surface area contributed by atoms with E-state index in [9.17, 15) is 4.79 Å². The highest BCUT2D eigenvalue weighted by Crippen LogP contribution is 2.28. The lowest BCUT2D eigenvalue weighted by molar-refractivity contribution is -0.131. The summed E-state index contributed by atoms with van der Waals surface area (Å²) in [6, 6.07) is 0. The normalized spacial score (nSPS) is 22.6. The molecule has 1 aliphatic rings. The van der Waals surface area contributed by atoms with E-state index in [4.69, 9.17) is 5.73 Å². The van der Waals surface area contributed by atoms with E-state index in [1.807, 2.05) is 11.9 Å². The highest BCUT2D eigenvalue weighted by molar-refractivity contribution is 5.85. The average molecular weight is 300 g/mol. The van der Waals surface area contributed by atoms with Crippen LogP contribution in [0.5, 0.6) is 0 Å². The first-order valence-corrected chi connectivity index (χ1v) is 6.17. The number of nitrogens with zero attached hydrogens (tertiary/aromatic N) is 2. The number of rotatable bonds is 5. The van der Waals surface area contributed by atoms with Gasteiger partial charge in [-0.25, -0.2) is 0 Å². The van der Waals surface area contributed by atoms with Crippen molar-refractivity contribution in [1.82, 2.24) is 9.80 Å². The van der Waals surface area contributed by atoms with Crippen molar-refractivity contribution in [3.8, 4) is 0 Å². The third-order valence-electron chi connectivity index (χ3n) is 3.41. The fourth-order valence-corrected chi connectivity index (χ4v) is 2.19. The molecule has 0 saturated carbocycles. The van der Waals surface area contributed by atoms with Crippen LogP contribution in [0.25, 0.3) is 0 Å². The number of amides is 1. The summed E-state index contributed by atoms with van der Waals surface area (Å²) in [7, 11) is 2.00. The Hall–Kier alpha value is -0.0300. The predicted octanol–water partition coefficient (Wildman–Crippen LogP) is 1.37. The predicted molar refractivity (Wildman–Crippen MR) is 80.6 cm³/mol. The number of carbonyl (C=O) groups is 1. The van der Waals surface area contributed by atoms with E-state index in [1.165, 1.54) is 0 Å². The number of hydrogen-bond acceptors (Lipinski definition) is 3. The van der Waals surface area contributed by atoms with Gasteiger partial charge in [-0.3, -0.25) is 9.69 Å². The van der Waals surface area contributed by atoms with Gasteiger partial charge in [-0.15, -0.1) is 24.8 Å². The summed E-state index contributed by atoms with van der Waals surface area (Å²) in [5.41, 5.74) is 5.87. The van der Waals surface area contributed by atoms with Crippen molar-refractivity contribution in [2.75, 3.05) is 39.8 Å². The number of carbonyl (C=O) groups excluding carboxylic acids is 1. The van der Waals surface area contributed by atoms with Crippen LogP contribution in [0.2, 0.25) is 0 Å². The van der Waals surface area contributed by atoms with Crippen LogP contribution < -0.4 is 5.73 Å². The number of likely N-dealkylation sites (N-methyl/N-ethyl adjacent to an activating group) is 1.